The lowest BCUT2D eigenvalue weighted by Crippen LogP contribution is -1.98. The Morgan fingerprint density at radius 2 is 1.38 bits per heavy atom. The SMILES string of the molecule is CCC(CC)CCCCCCC(C)CC[O]. The first-order valence-corrected chi connectivity index (χ1v) is 7.32. The van der Waals surface area contributed by atoms with Gasteiger partial charge >= 0.3 is 0 Å². The molecule has 0 aromatic heterocycles. The predicted octanol–water partition coefficient (Wildman–Crippen LogP) is 5.22. The van der Waals surface area contributed by atoms with E-state index in [-0.39, 0.29) is 6.61 Å². The van der Waals surface area contributed by atoms with Crippen molar-refractivity contribution in [1.82, 2.24) is 0 Å². The third-order valence-corrected chi connectivity index (χ3v) is 3.82. The highest BCUT2D eigenvalue weighted by atomic mass is 16.3. The molecule has 0 amide bonds. The molecule has 0 saturated carbocycles. The molecule has 0 heterocycles. The molecule has 0 aromatic rings. The predicted molar refractivity (Wildman–Crippen MR) is 71.1 cm³/mol. The summed E-state index contributed by atoms with van der Waals surface area (Å²) in [5.41, 5.74) is 0. The summed E-state index contributed by atoms with van der Waals surface area (Å²) in [6, 6.07) is 0. The molecular formula is C15H31O. The minimum absolute atomic E-state index is 0.107. The van der Waals surface area contributed by atoms with E-state index in [0.717, 1.165) is 12.3 Å². The maximum Gasteiger partial charge on any atom is 0.0824 e. The van der Waals surface area contributed by atoms with Gasteiger partial charge in [-0.1, -0.05) is 72.1 Å². The second-order valence-electron chi connectivity index (χ2n) is 5.27. The summed E-state index contributed by atoms with van der Waals surface area (Å²) in [4.78, 5) is 0. The zero-order chi connectivity index (χ0) is 12.2. The molecular weight excluding hydrogens is 196 g/mol. The monoisotopic (exact) mass is 227 g/mol. The lowest BCUT2D eigenvalue weighted by Gasteiger charge is -2.12. The van der Waals surface area contributed by atoms with Crippen LogP contribution in [0.1, 0.15) is 78.6 Å². The molecule has 0 aliphatic rings. The van der Waals surface area contributed by atoms with E-state index in [0.29, 0.717) is 5.92 Å². The maximum atomic E-state index is 10.4. The number of rotatable bonds is 11. The summed E-state index contributed by atoms with van der Waals surface area (Å²) in [5, 5.41) is 10.4. The van der Waals surface area contributed by atoms with Crippen LogP contribution < -0.4 is 0 Å². The zero-order valence-corrected chi connectivity index (χ0v) is 11.6. The molecule has 0 N–H and O–H groups in total. The third kappa shape index (κ3) is 9.21. The van der Waals surface area contributed by atoms with E-state index in [9.17, 15) is 5.11 Å². The fourth-order valence-corrected chi connectivity index (χ4v) is 2.32. The Morgan fingerprint density at radius 1 is 0.812 bits per heavy atom. The van der Waals surface area contributed by atoms with Crippen molar-refractivity contribution in [2.75, 3.05) is 6.61 Å². The van der Waals surface area contributed by atoms with Crippen LogP contribution in [0.5, 0.6) is 0 Å². The van der Waals surface area contributed by atoms with Crippen LogP contribution in [0.4, 0.5) is 0 Å². The maximum absolute atomic E-state index is 10.4. The first-order chi connectivity index (χ1) is 7.74. The van der Waals surface area contributed by atoms with E-state index in [4.69, 9.17) is 0 Å². The lowest BCUT2D eigenvalue weighted by molar-refractivity contribution is 0.170. The van der Waals surface area contributed by atoms with Crippen LogP contribution >= 0.6 is 0 Å². The van der Waals surface area contributed by atoms with Crippen LogP contribution in [0.3, 0.4) is 0 Å². The minimum atomic E-state index is 0.107. The van der Waals surface area contributed by atoms with Crippen molar-refractivity contribution in [2.45, 2.75) is 78.6 Å². The van der Waals surface area contributed by atoms with Crippen LogP contribution in [0.25, 0.3) is 0 Å². The summed E-state index contributed by atoms with van der Waals surface area (Å²) in [7, 11) is 0. The van der Waals surface area contributed by atoms with Crippen molar-refractivity contribution < 1.29 is 5.11 Å². The number of unbranched alkanes of at least 4 members (excludes halogenated alkanes) is 3. The van der Waals surface area contributed by atoms with E-state index in [1.807, 2.05) is 0 Å². The third-order valence-electron chi connectivity index (χ3n) is 3.82. The van der Waals surface area contributed by atoms with Crippen LogP contribution in [0.15, 0.2) is 0 Å². The van der Waals surface area contributed by atoms with Crippen molar-refractivity contribution in [3.63, 3.8) is 0 Å². The van der Waals surface area contributed by atoms with Gasteiger partial charge in [-0.15, -0.1) is 0 Å². The van der Waals surface area contributed by atoms with E-state index in [1.54, 1.807) is 0 Å². The molecule has 1 nitrogen and oxygen atoms in total. The number of hydrogen-bond acceptors (Lipinski definition) is 0. The molecule has 0 aromatic carbocycles. The molecule has 0 bridgehead atoms. The molecule has 0 aliphatic heterocycles. The van der Waals surface area contributed by atoms with Gasteiger partial charge < -0.3 is 0 Å². The van der Waals surface area contributed by atoms with E-state index < -0.39 is 0 Å². The van der Waals surface area contributed by atoms with E-state index in [1.165, 1.54) is 51.4 Å². The molecule has 0 aliphatic carbocycles. The highest BCUT2D eigenvalue weighted by molar-refractivity contribution is 4.57. The second-order valence-corrected chi connectivity index (χ2v) is 5.27. The Morgan fingerprint density at radius 3 is 1.88 bits per heavy atom. The van der Waals surface area contributed by atoms with Crippen molar-refractivity contribution in [1.29, 1.82) is 0 Å². The molecule has 0 rings (SSSR count). The van der Waals surface area contributed by atoms with E-state index in [2.05, 4.69) is 20.8 Å². The largest absolute Gasteiger partial charge is 0.237 e. The molecule has 1 unspecified atom stereocenters. The smallest absolute Gasteiger partial charge is 0.0824 e. The van der Waals surface area contributed by atoms with Gasteiger partial charge in [-0.25, -0.2) is 5.11 Å². The molecule has 16 heavy (non-hydrogen) atoms. The van der Waals surface area contributed by atoms with Gasteiger partial charge in [0.1, 0.15) is 0 Å². The molecule has 0 spiro atoms. The summed E-state index contributed by atoms with van der Waals surface area (Å²) in [6.07, 6.45) is 11.7. The highest BCUT2D eigenvalue weighted by Crippen LogP contribution is 2.18. The molecule has 0 saturated heterocycles. The van der Waals surface area contributed by atoms with Crippen molar-refractivity contribution in [3.8, 4) is 0 Å². The standard InChI is InChI=1S/C15H31O/c1-4-15(5-2)11-9-7-6-8-10-14(3)12-13-16/h14-15H,4-13H2,1-3H3. The molecule has 97 valence electrons. The van der Waals surface area contributed by atoms with Crippen LogP contribution in [-0.2, 0) is 5.11 Å². The summed E-state index contributed by atoms with van der Waals surface area (Å²) in [6.45, 7) is 6.93. The van der Waals surface area contributed by atoms with E-state index >= 15 is 0 Å². The van der Waals surface area contributed by atoms with Gasteiger partial charge in [-0.2, -0.15) is 0 Å². The quantitative estimate of drug-likeness (QED) is 0.431. The fraction of sp³-hybridized carbons (Fsp3) is 1.00. The summed E-state index contributed by atoms with van der Waals surface area (Å²) < 4.78 is 0. The molecule has 1 heteroatoms. The van der Waals surface area contributed by atoms with Gasteiger partial charge in [-0.3, -0.25) is 0 Å². The van der Waals surface area contributed by atoms with Gasteiger partial charge in [-0.05, 0) is 18.3 Å². The topological polar surface area (TPSA) is 19.9 Å². The zero-order valence-electron chi connectivity index (χ0n) is 11.6. The van der Waals surface area contributed by atoms with Gasteiger partial charge in [0.05, 0.1) is 6.61 Å². The van der Waals surface area contributed by atoms with Gasteiger partial charge in [0, 0.05) is 0 Å². The Balaban J connectivity index is 3.20. The molecule has 1 atom stereocenters. The number of hydrogen-bond donors (Lipinski definition) is 0. The average molecular weight is 227 g/mol. The normalized spacial score (nSPS) is 13.3. The highest BCUT2D eigenvalue weighted by Gasteiger charge is 2.03. The second kappa shape index (κ2) is 11.4. The molecule has 1 radical (unpaired) electrons. The Hall–Kier alpha value is -0.0400. The Bertz CT molecular complexity index is 129. The van der Waals surface area contributed by atoms with Crippen molar-refractivity contribution in [2.24, 2.45) is 11.8 Å². The average Bonchev–Trinajstić information content (AvgIpc) is 2.29. The molecule has 0 fully saturated rings. The van der Waals surface area contributed by atoms with Crippen LogP contribution in [-0.4, -0.2) is 6.61 Å². The fourth-order valence-electron chi connectivity index (χ4n) is 2.32. The van der Waals surface area contributed by atoms with Gasteiger partial charge in [0.15, 0.2) is 0 Å². The first-order valence-electron chi connectivity index (χ1n) is 7.32. The Kier molecular flexibility index (Phi) is 11.4. The van der Waals surface area contributed by atoms with Gasteiger partial charge in [0.25, 0.3) is 0 Å². The van der Waals surface area contributed by atoms with Crippen LogP contribution in [0, 0.1) is 11.8 Å². The summed E-state index contributed by atoms with van der Waals surface area (Å²) in [5.74, 6) is 1.61. The van der Waals surface area contributed by atoms with Crippen LogP contribution in [0.2, 0.25) is 0 Å². The first kappa shape index (κ1) is 16.0. The van der Waals surface area contributed by atoms with Gasteiger partial charge in [0.2, 0.25) is 0 Å². The Labute approximate surface area is 103 Å². The lowest BCUT2D eigenvalue weighted by atomic mass is 9.95. The summed E-state index contributed by atoms with van der Waals surface area (Å²) >= 11 is 0. The van der Waals surface area contributed by atoms with Crippen molar-refractivity contribution >= 4 is 0 Å². The van der Waals surface area contributed by atoms with Crippen molar-refractivity contribution in [3.05, 3.63) is 0 Å². The minimum Gasteiger partial charge on any atom is -0.237 e.